The van der Waals surface area contributed by atoms with Crippen molar-refractivity contribution in [2.75, 3.05) is 0 Å². The van der Waals surface area contributed by atoms with Gasteiger partial charge in [-0.1, -0.05) is 113 Å². The van der Waals surface area contributed by atoms with Gasteiger partial charge in [0.15, 0.2) is 0 Å². The smallest absolute Gasteiger partial charge is 0.144 e. The van der Waals surface area contributed by atoms with Crippen LogP contribution in [0.5, 0.6) is 0 Å². The van der Waals surface area contributed by atoms with Crippen molar-refractivity contribution in [3.63, 3.8) is 0 Å². The molecule has 42 heavy (non-hydrogen) atoms. The third kappa shape index (κ3) is 4.33. The zero-order chi connectivity index (χ0) is 28.8. The number of aromatic nitrogens is 3. The van der Waals surface area contributed by atoms with Crippen LogP contribution in [0.4, 0.5) is 0 Å². The second-order valence-corrected chi connectivity index (χ2v) is 11.7. The van der Waals surface area contributed by atoms with Crippen LogP contribution in [0, 0.1) is 0 Å². The summed E-state index contributed by atoms with van der Waals surface area (Å²) >= 11 is 0. The van der Waals surface area contributed by atoms with Gasteiger partial charge in [-0.2, -0.15) is 0 Å². The Bertz CT molecular complexity index is 2000. The first-order chi connectivity index (χ1) is 20.5. The quantitative estimate of drug-likeness (QED) is 0.204. The Morgan fingerprint density at radius 1 is 0.548 bits per heavy atom. The summed E-state index contributed by atoms with van der Waals surface area (Å²) in [5.74, 6) is 1.61. The fourth-order valence-corrected chi connectivity index (χ4v) is 6.30. The van der Waals surface area contributed by atoms with Crippen molar-refractivity contribution >= 4 is 21.8 Å². The number of rotatable bonds is 6. The van der Waals surface area contributed by atoms with E-state index in [9.17, 15) is 0 Å². The summed E-state index contributed by atoms with van der Waals surface area (Å²) in [6.07, 6.45) is 4.03. The van der Waals surface area contributed by atoms with E-state index in [-0.39, 0.29) is 0 Å². The summed E-state index contributed by atoms with van der Waals surface area (Å²) in [7, 11) is 0. The molecule has 0 amide bonds. The van der Waals surface area contributed by atoms with Crippen LogP contribution >= 0.6 is 0 Å². The summed E-state index contributed by atoms with van der Waals surface area (Å²) in [4.78, 5) is 4.81. The summed E-state index contributed by atoms with van der Waals surface area (Å²) in [6, 6.07) is 41.6. The Morgan fingerprint density at radius 3 is 1.81 bits per heavy atom. The van der Waals surface area contributed by atoms with Crippen molar-refractivity contribution in [1.82, 2.24) is 14.1 Å². The third-order valence-electron chi connectivity index (χ3n) is 8.35. The number of benzene rings is 5. The maximum absolute atomic E-state index is 4.81. The highest BCUT2D eigenvalue weighted by Crippen LogP contribution is 2.40. The van der Waals surface area contributed by atoms with Crippen LogP contribution in [-0.2, 0) is 0 Å². The van der Waals surface area contributed by atoms with E-state index in [2.05, 4.69) is 158 Å². The molecule has 7 aromatic rings. The lowest BCUT2D eigenvalue weighted by Gasteiger charge is -2.24. The minimum absolute atomic E-state index is 0.321. The fourth-order valence-electron chi connectivity index (χ4n) is 6.30. The number of nitrogens with zero attached hydrogens (tertiary/aromatic N) is 3. The van der Waals surface area contributed by atoms with E-state index >= 15 is 0 Å². The van der Waals surface area contributed by atoms with Gasteiger partial charge in [-0.25, -0.2) is 4.98 Å². The number of hydrogen-bond acceptors (Lipinski definition) is 1. The molecule has 0 fully saturated rings. The maximum atomic E-state index is 4.81. The first-order valence-corrected chi connectivity index (χ1v) is 14.9. The van der Waals surface area contributed by atoms with Crippen molar-refractivity contribution in [2.24, 2.45) is 0 Å². The average Bonchev–Trinajstić information content (AvgIpc) is 3.64. The van der Waals surface area contributed by atoms with Crippen molar-refractivity contribution in [2.45, 2.75) is 39.5 Å². The first kappa shape index (κ1) is 26.0. The lowest BCUT2D eigenvalue weighted by Crippen LogP contribution is -2.10. The molecule has 0 saturated carbocycles. The van der Waals surface area contributed by atoms with E-state index in [4.69, 9.17) is 4.98 Å². The third-order valence-corrected chi connectivity index (χ3v) is 8.35. The minimum Gasteiger partial charge on any atom is -0.309 e. The predicted octanol–water partition coefficient (Wildman–Crippen LogP) is 10.6. The van der Waals surface area contributed by atoms with Gasteiger partial charge in [-0.15, -0.1) is 0 Å². The van der Waals surface area contributed by atoms with Crippen molar-refractivity contribution in [3.05, 3.63) is 139 Å². The molecule has 0 radical (unpaired) electrons. The van der Waals surface area contributed by atoms with Gasteiger partial charge in [-0.3, -0.25) is 4.57 Å². The highest BCUT2D eigenvalue weighted by Gasteiger charge is 2.22. The zero-order valence-electron chi connectivity index (χ0n) is 24.6. The van der Waals surface area contributed by atoms with Gasteiger partial charge in [0.1, 0.15) is 5.82 Å². The molecule has 0 aliphatic carbocycles. The second kappa shape index (κ2) is 10.5. The van der Waals surface area contributed by atoms with E-state index in [0.717, 1.165) is 11.4 Å². The molecule has 3 heteroatoms. The van der Waals surface area contributed by atoms with E-state index in [1.165, 1.54) is 55.4 Å². The summed E-state index contributed by atoms with van der Waals surface area (Å²) < 4.78 is 4.74. The maximum Gasteiger partial charge on any atom is 0.144 e. The van der Waals surface area contributed by atoms with Crippen molar-refractivity contribution in [3.8, 4) is 33.9 Å². The lowest BCUT2D eigenvalue weighted by atomic mass is 9.91. The standard InChI is InChI=1S/C39H35N3/c1-26(2)33-24-31(25-34(27(3)4)38(33)41-22-21-40-39(41)29-15-9-6-10-16-29)42-36-18-12-11-17-32(36)35-23-30(19-20-37(35)42)28-13-7-5-8-14-28/h5-27H,1-4H3. The van der Waals surface area contributed by atoms with Crippen LogP contribution in [0.15, 0.2) is 128 Å². The van der Waals surface area contributed by atoms with Crippen LogP contribution < -0.4 is 0 Å². The minimum atomic E-state index is 0.321. The number of fused-ring (bicyclic) bond motifs is 3. The SMILES string of the molecule is CC(C)c1cc(-n2c3ccccc3c3cc(-c4ccccc4)ccc32)cc(C(C)C)c1-n1ccnc1-c1ccccc1. The van der Waals surface area contributed by atoms with Gasteiger partial charge in [-0.05, 0) is 64.4 Å². The first-order valence-electron chi connectivity index (χ1n) is 14.9. The molecular weight excluding hydrogens is 510 g/mol. The molecule has 3 nitrogen and oxygen atoms in total. The summed E-state index contributed by atoms with van der Waals surface area (Å²) in [5.41, 5.74) is 11.1. The van der Waals surface area contributed by atoms with Crippen molar-refractivity contribution in [1.29, 1.82) is 0 Å². The summed E-state index contributed by atoms with van der Waals surface area (Å²) in [5, 5.41) is 2.54. The van der Waals surface area contributed by atoms with E-state index in [1.807, 2.05) is 6.20 Å². The second-order valence-electron chi connectivity index (χ2n) is 11.7. The van der Waals surface area contributed by atoms with Gasteiger partial charge in [0.05, 0.1) is 16.7 Å². The molecule has 0 spiro atoms. The highest BCUT2D eigenvalue weighted by atomic mass is 15.1. The molecular formula is C39H35N3. The molecule has 2 aromatic heterocycles. The number of para-hydroxylation sites is 1. The Hall–Kier alpha value is -4.89. The van der Waals surface area contributed by atoms with Crippen LogP contribution in [0.3, 0.4) is 0 Å². The van der Waals surface area contributed by atoms with Crippen LogP contribution in [0.25, 0.3) is 55.7 Å². The fraction of sp³-hybridized carbons (Fsp3) is 0.154. The number of imidazole rings is 1. The molecule has 5 aromatic carbocycles. The monoisotopic (exact) mass is 545 g/mol. The van der Waals surface area contributed by atoms with Crippen molar-refractivity contribution < 1.29 is 0 Å². The molecule has 0 saturated heterocycles. The molecule has 0 aliphatic rings. The Kier molecular flexibility index (Phi) is 6.51. The summed E-state index contributed by atoms with van der Waals surface area (Å²) in [6.45, 7) is 9.18. The van der Waals surface area contributed by atoms with E-state index in [0.29, 0.717) is 11.8 Å². The predicted molar refractivity (Wildman–Crippen MR) is 177 cm³/mol. The molecule has 0 bridgehead atoms. The normalized spacial score (nSPS) is 11.8. The van der Waals surface area contributed by atoms with Crippen LogP contribution in [0.1, 0.15) is 50.7 Å². The zero-order valence-corrected chi connectivity index (χ0v) is 24.6. The van der Waals surface area contributed by atoms with Crippen LogP contribution in [0.2, 0.25) is 0 Å². The van der Waals surface area contributed by atoms with E-state index in [1.54, 1.807) is 0 Å². The topological polar surface area (TPSA) is 22.8 Å². The molecule has 0 N–H and O–H groups in total. The highest BCUT2D eigenvalue weighted by molar-refractivity contribution is 6.10. The van der Waals surface area contributed by atoms with E-state index < -0.39 is 0 Å². The van der Waals surface area contributed by atoms with Gasteiger partial charge in [0.2, 0.25) is 0 Å². The Morgan fingerprint density at radius 2 is 1.14 bits per heavy atom. The molecule has 0 aliphatic heterocycles. The van der Waals surface area contributed by atoms with Crippen LogP contribution in [-0.4, -0.2) is 14.1 Å². The average molecular weight is 546 g/mol. The van der Waals surface area contributed by atoms with Gasteiger partial charge >= 0.3 is 0 Å². The molecule has 7 rings (SSSR count). The largest absolute Gasteiger partial charge is 0.309 e. The molecule has 0 atom stereocenters. The lowest BCUT2D eigenvalue weighted by molar-refractivity contribution is 0.803. The molecule has 2 heterocycles. The molecule has 0 unspecified atom stereocenters. The molecule has 206 valence electrons. The Balaban J connectivity index is 1.49. The number of hydrogen-bond donors (Lipinski definition) is 0. The van der Waals surface area contributed by atoms with Gasteiger partial charge in [0, 0.05) is 34.4 Å². The van der Waals surface area contributed by atoms with Gasteiger partial charge in [0.25, 0.3) is 0 Å². The Labute approximate surface area is 247 Å². The van der Waals surface area contributed by atoms with Gasteiger partial charge < -0.3 is 4.57 Å².